The van der Waals surface area contributed by atoms with E-state index in [1.165, 1.54) is 26.4 Å². The maximum Gasteiger partial charge on any atom is 0.257 e. The molecule has 2 aromatic rings. The Morgan fingerprint density at radius 1 is 0.525 bits per heavy atom. The smallest absolute Gasteiger partial charge is 0.257 e. The minimum absolute atomic E-state index is 0.0594. The normalized spacial score (nSPS) is 15.5. The second-order valence-corrected chi connectivity index (χ2v) is 12.8. The molecule has 0 heterocycles. The Kier molecular flexibility index (Phi) is 20.5. The number of hydrogen-bond donors (Lipinski definition) is 2. The Bertz CT molecular complexity index is 1800. The molecule has 0 spiro atoms. The first-order chi connectivity index (χ1) is 28.9. The summed E-state index contributed by atoms with van der Waals surface area (Å²) in [7, 11) is 2.98. The quantitative estimate of drug-likeness (QED) is 0.118. The van der Waals surface area contributed by atoms with E-state index < -0.39 is 0 Å². The monoisotopic (exact) mass is 808 g/mol. The number of carbonyl (C=O) groups excluding carboxylic acids is 4. The number of amides is 2. The molecular formula is C46H52N2O11. The molecule has 59 heavy (non-hydrogen) atoms. The fourth-order valence-corrected chi connectivity index (χ4v) is 5.34. The van der Waals surface area contributed by atoms with Crippen molar-refractivity contribution in [3.05, 3.63) is 155 Å². The van der Waals surface area contributed by atoms with Gasteiger partial charge in [-0.2, -0.15) is 0 Å². The number of carbonyl (C=O) groups is 4. The van der Waals surface area contributed by atoms with Crippen LogP contribution in [0, 0.1) is 0 Å². The lowest BCUT2D eigenvalue weighted by molar-refractivity contribution is -0.126. The highest BCUT2D eigenvalue weighted by Gasteiger charge is 2.21. The van der Waals surface area contributed by atoms with Crippen molar-refractivity contribution in [1.82, 2.24) is 10.6 Å². The van der Waals surface area contributed by atoms with Gasteiger partial charge in [-0.1, -0.05) is 97.1 Å². The fraction of sp³-hybridized carbons (Fsp3) is 0.304. The number of ether oxygens (including phenoxy) is 7. The SMILES string of the molecule is COC1=CC(=O)C(OCC(=O)NCCCOCCOCCOCCCNC(=O)COC2=C/C(=C/C=C/c3ccccc3)C(OC)=CC2=O)=C/C1=C/C=C/c1ccccc1. The number of ketones is 2. The molecule has 0 bridgehead atoms. The van der Waals surface area contributed by atoms with E-state index in [2.05, 4.69) is 10.6 Å². The summed E-state index contributed by atoms with van der Waals surface area (Å²) in [6.45, 7) is 2.61. The van der Waals surface area contributed by atoms with Crippen molar-refractivity contribution >= 4 is 35.5 Å². The molecule has 4 rings (SSSR count). The van der Waals surface area contributed by atoms with Gasteiger partial charge < -0.3 is 43.8 Å². The van der Waals surface area contributed by atoms with Crippen LogP contribution in [-0.2, 0) is 52.3 Å². The molecule has 0 atom stereocenters. The van der Waals surface area contributed by atoms with E-state index in [9.17, 15) is 19.2 Å². The van der Waals surface area contributed by atoms with E-state index in [-0.39, 0.29) is 48.1 Å². The number of allylic oxidation sites excluding steroid dienone is 8. The average molecular weight is 809 g/mol. The Morgan fingerprint density at radius 2 is 0.915 bits per heavy atom. The largest absolute Gasteiger partial charge is 0.496 e. The van der Waals surface area contributed by atoms with Crippen molar-refractivity contribution in [2.24, 2.45) is 0 Å². The molecule has 0 saturated heterocycles. The van der Waals surface area contributed by atoms with E-state index >= 15 is 0 Å². The number of nitrogens with one attached hydrogen (secondary N) is 2. The number of methoxy groups -OCH3 is 2. The van der Waals surface area contributed by atoms with Gasteiger partial charge in [0.05, 0.1) is 40.6 Å². The predicted octanol–water partition coefficient (Wildman–Crippen LogP) is 5.36. The molecule has 0 fully saturated rings. The van der Waals surface area contributed by atoms with Gasteiger partial charge in [0, 0.05) is 49.6 Å². The molecule has 2 N–H and O–H groups in total. The fourth-order valence-electron chi connectivity index (χ4n) is 5.34. The van der Waals surface area contributed by atoms with Gasteiger partial charge in [-0.05, 0) is 36.1 Å². The molecule has 2 aliphatic carbocycles. The van der Waals surface area contributed by atoms with Crippen molar-refractivity contribution in [2.75, 3.05) is 80.2 Å². The molecule has 2 amide bonds. The second-order valence-electron chi connectivity index (χ2n) is 12.8. The topological polar surface area (TPSA) is 157 Å². The molecule has 0 unspecified atom stereocenters. The highest BCUT2D eigenvalue weighted by Crippen LogP contribution is 2.24. The minimum Gasteiger partial charge on any atom is -0.496 e. The summed E-state index contributed by atoms with van der Waals surface area (Å²) in [6.07, 6.45) is 18.2. The van der Waals surface area contributed by atoms with E-state index in [0.717, 1.165) is 11.1 Å². The van der Waals surface area contributed by atoms with Crippen molar-refractivity contribution in [1.29, 1.82) is 0 Å². The highest BCUT2D eigenvalue weighted by atomic mass is 16.5. The Morgan fingerprint density at radius 3 is 1.31 bits per heavy atom. The van der Waals surface area contributed by atoms with Crippen molar-refractivity contribution in [3.8, 4) is 0 Å². The summed E-state index contributed by atoms with van der Waals surface area (Å²) in [5.74, 6) is -0.526. The van der Waals surface area contributed by atoms with Crippen LogP contribution in [-0.4, -0.2) is 104 Å². The summed E-state index contributed by atoms with van der Waals surface area (Å²) >= 11 is 0. The number of benzene rings is 2. The van der Waals surface area contributed by atoms with Crippen LogP contribution in [0.25, 0.3) is 12.2 Å². The van der Waals surface area contributed by atoms with Crippen molar-refractivity contribution < 1.29 is 52.3 Å². The van der Waals surface area contributed by atoms with E-state index in [0.29, 0.717) is 88.2 Å². The van der Waals surface area contributed by atoms with Gasteiger partial charge in [-0.3, -0.25) is 19.2 Å². The third-order valence-corrected chi connectivity index (χ3v) is 8.36. The third-order valence-electron chi connectivity index (χ3n) is 8.36. The Hall–Kier alpha value is -6.28. The first-order valence-corrected chi connectivity index (χ1v) is 19.3. The van der Waals surface area contributed by atoms with Gasteiger partial charge in [-0.15, -0.1) is 0 Å². The molecule has 312 valence electrons. The molecule has 0 radical (unpaired) electrons. The van der Waals surface area contributed by atoms with Crippen LogP contribution in [0.1, 0.15) is 24.0 Å². The molecule has 13 nitrogen and oxygen atoms in total. The maximum absolute atomic E-state index is 12.5. The number of hydrogen-bond acceptors (Lipinski definition) is 11. The van der Waals surface area contributed by atoms with Gasteiger partial charge in [0.2, 0.25) is 11.6 Å². The van der Waals surface area contributed by atoms with E-state index in [4.69, 9.17) is 33.2 Å². The summed E-state index contributed by atoms with van der Waals surface area (Å²) in [6, 6.07) is 19.6. The molecule has 0 aliphatic heterocycles. The van der Waals surface area contributed by atoms with Crippen molar-refractivity contribution in [2.45, 2.75) is 12.8 Å². The van der Waals surface area contributed by atoms with Gasteiger partial charge in [0.25, 0.3) is 11.8 Å². The van der Waals surface area contributed by atoms with Crippen LogP contribution in [0.5, 0.6) is 0 Å². The van der Waals surface area contributed by atoms with Crippen LogP contribution in [0.2, 0.25) is 0 Å². The van der Waals surface area contributed by atoms with E-state index in [1.54, 1.807) is 12.2 Å². The molecule has 13 heteroatoms. The minimum atomic E-state index is -0.380. The van der Waals surface area contributed by atoms with Gasteiger partial charge in [-0.25, -0.2) is 0 Å². The van der Waals surface area contributed by atoms with Crippen LogP contribution in [0.4, 0.5) is 0 Å². The van der Waals surface area contributed by atoms with Crippen LogP contribution in [0.3, 0.4) is 0 Å². The molecule has 2 aliphatic rings. The lowest BCUT2D eigenvalue weighted by Gasteiger charge is -2.15. The zero-order chi connectivity index (χ0) is 41.9. The zero-order valence-electron chi connectivity index (χ0n) is 33.5. The Balaban J connectivity index is 0.966. The standard InChI is InChI=1S/C46H52N2O11/c1-53-41-31-39(49)43(29-37(41)19-9-17-35-13-5-3-6-14-35)58-33-45(51)47-21-11-23-55-25-27-57-28-26-56-24-12-22-48-46(52)34-59-44-30-38(42(54-2)32-40(44)50)20-10-18-36-15-7-4-8-16-36/h3-10,13-20,29-32H,11-12,21-28,33-34H2,1-2H3,(H,47,51)(H,48,52)/b17-9+,18-10+,37-19-,38-20-. The molecule has 0 saturated carbocycles. The van der Waals surface area contributed by atoms with E-state index in [1.807, 2.05) is 97.1 Å². The highest BCUT2D eigenvalue weighted by molar-refractivity contribution is 6.06. The average Bonchev–Trinajstić information content (AvgIpc) is 3.25. The predicted molar refractivity (Wildman–Crippen MR) is 223 cm³/mol. The zero-order valence-corrected chi connectivity index (χ0v) is 33.5. The van der Waals surface area contributed by atoms with Gasteiger partial charge >= 0.3 is 0 Å². The Labute approximate surface area is 345 Å². The third kappa shape index (κ3) is 17.4. The van der Waals surface area contributed by atoms with Crippen molar-refractivity contribution in [3.63, 3.8) is 0 Å². The maximum atomic E-state index is 12.5. The first kappa shape index (κ1) is 45.4. The molecule has 2 aromatic carbocycles. The van der Waals surface area contributed by atoms with Crippen LogP contribution in [0.15, 0.2) is 143 Å². The summed E-state index contributed by atoms with van der Waals surface area (Å²) < 4.78 is 38.3. The summed E-state index contributed by atoms with van der Waals surface area (Å²) in [4.78, 5) is 49.5. The lowest BCUT2D eigenvalue weighted by Crippen LogP contribution is -2.30. The summed E-state index contributed by atoms with van der Waals surface area (Å²) in [5, 5.41) is 5.51. The van der Waals surface area contributed by atoms with Gasteiger partial charge in [0.1, 0.15) is 11.5 Å². The second kappa shape index (κ2) is 26.6. The first-order valence-electron chi connectivity index (χ1n) is 19.3. The molecule has 0 aromatic heterocycles. The number of rotatable bonds is 26. The summed E-state index contributed by atoms with van der Waals surface area (Å²) in [5.41, 5.74) is 3.35. The van der Waals surface area contributed by atoms with Gasteiger partial charge in [0.15, 0.2) is 24.7 Å². The molecular weight excluding hydrogens is 757 g/mol. The van der Waals surface area contributed by atoms with Crippen LogP contribution >= 0.6 is 0 Å². The van der Waals surface area contributed by atoms with Crippen LogP contribution < -0.4 is 10.6 Å². The lowest BCUT2D eigenvalue weighted by atomic mass is 10.0.